The summed E-state index contributed by atoms with van der Waals surface area (Å²) in [4.78, 5) is 11.2. The van der Waals surface area contributed by atoms with E-state index in [1.165, 1.54) is 57.4 Å². The highest BCUT2D eigenvalue weighted by Gasteiger charge is 2.25. The molecule has 1 unspecified atom stereocenters. The number of nitrogens with zero attached hydrogens (tertiary/aromatic N) is 1. The maximum absolute atomic E-state index is 11.2. The van der Waals surface area contributed by atoms with Crippen molar-refractivity contribution in [3.63, 3.8) is 0 Å². The van der Waals surface area contributed by atoms with Crippen molar-refractivity contribution in [3.8, 4) is 0 Å². The monoisotopic (exact) mass is 319 g/mol. The molecule has 0 rings (SSSR count). The van der Waals surface area contributed by atoms with E-state index in [0.29, 0.717) is 0 Å². The van der Waals surface area contributed by atoms with Gasteiger partial charge in [0.25, 0.3) is 0 Å². The molecule has 1 atom stereocenters. The number of quaternary nitrogens is 1. The first kappa shape index (κ1) is 22.7. The summed E-state index contributed by atoms with van der Waals surface area (Å²) in [6, 6.07) is 0. The molecule has 0 saturated carbocycles. The van der Waals surface area contributed by atoms with Gasteiger partial charge in [-0.15, -0.1) is 0 Å². The van der Waals surface area contributed by atoms with Crippen LogP contribution in [-0.4, -0.2) is 37.3 Å². The fraction of sp³-hybridized carbons (Fsp3) is 0.824. The number of halogens is 1. The summed E-state index contributed by atoms with van der Waals surface area (Å²) in [5, 5.41) is 0. The number of carbonyl (C=O) groups is 1. The molecule has 0 saturated heterocycles. The average Bonchev–Trinajstić information content (AvgIpc) is 2.41. The first-order valence-corrected chi connectivity index (χ1v) is 8.09. The Labute approximate surface area is 137 Å². The van der Waals surface area contributed by atoms with E-state index in [9.17, 15) is 4.79 Å². The summed E-state index contributed by atoms with van der Waals surface area (Å²) >= 11 is 0. The van der Waals surface area contributed by atoms with Crippen LogP contribution in [0.25, 0.3) is 0 Å². The van der Waals surface area contributed by atoms with Gasteiger partial charge in [-0.3, -0.25) is 4.48 Å². The van der Waals surface area contributed by atoms with Crippen LogP contribution in [0.4, 0.5) is 0 Å². The van der Waals surface area contributed by atoms with Gasteiger partial charge in [0.15, 0.2) is 0 Å². The first-order valence-electron chi connectivity index (χ1n) is 8.09. The van der Waals surface area contributed by atoms with E-state index in [0.717, 1.165) is 11.0 Å². The number of carbonyl (C=O) groups excluding carboxylic acids is 1. The zero-order valence-electron chi connectivity index (χ0n) is 14.4. The highest BCUT2D eigenvalue weighted by molar-refractivity contribution is 5.81. The Morgan fingerprint density at radius 2 is 1.57 bits per heavy atom. The third-order valence-electron chi connectivity index (χ3n) is 4.03. The van der Waals surface area contributed by atoms with Gasteiger partial charge in [-0.1, -0.05) is 52.0 Å². The molecule has 0 heterocycles. The first-order chi connectivity index (χ1) is 9.44. The van der Waals surface area contributed by atoms with Crippen LogP contribution in [0.5, 0.6) is 0 Å². The highest BCUT2D eigenvalue weighted by Crippen LogP contribution is 2.13. The number of unbranched alkanes of at least 4 members (excludes halogenated alkanes) is 7. The predicted molar refractivity (Wildman–Crippen MR) is 85.3 cm³/mol. The minimum Gasteiger partial charge on any atom is -1.00 e. The normalized spacial score (nSPS) is 12.4. The van der Waals surface area contributed by atoms with Crippen molar-refractivity contribution in [2.45, 2.75) is 71.4 Å². The summed E-state index contributed by atoms with van der Waals surface area (Å²) in [6.45, 7) is 8.67. The van der Waals surface area contributed by atoms with E-state index < -0.39 is 0 Å². The van der Waals surface area contributed by atoms with E-state index >= 15 is 0 Å². The van der Waals surface area contributed by atoms with Gasteiger partial charge in [0.05, 0.1) is 20.6 Å². The van der Waals surface area contributed by atoms with Crippen molar-refractivity contribution >= 4 is 5.97 Å². The van der Waals surface area contributed by atoms with Gasteiger partial charge in [0, 0.05) is 13.0 Å². The summed E-state index contributed by atoms with van der Waals surface area (Å²) in [5.41, 5.74) is 0. The smallest absolute Gasteiger partial charge is 0.334 e. The molecule has 0 aromatic carbocycles. The molecule has 0 radical (unpaired) electrons. The van der Waals surface area contributed by atoms with E-state index in [-0.39, 0.29) is 24.6 Å². The van der Waals surface area contributed by atoms with Gasteiger partial charge in [0.2, 0.25) is 6.23 Å². The molecule has 0 spiro atoms. The third kappa shape index (κ3) is 11.8. The minimum absolute atomic E-state index is 0. The second kappa shape index (κ2) is 13.1. The summed E-state index contributed by atoms with van der Waals surface area (Å²) in [7, 11) is 4.23. The molecular weight excluding hydrogens is 286 g/mol. The molecule has 0 aliphatic carbocycles. The second-order valence-electron chi connectivity index (χ2n) is 6.22. The lowest BCUT2D eigenvalue weighted by Gasteiger charge is -2.34. The van der Waals surface area contributed by atoms with E-state index in [1.807, 2.05) is 6.92 Å². The lowest BCUT2D eigenvalue weighted by molar-refractivity contribution is -0.932. The van der Waals surface area contributed by atoms with Crippen LogP contribution >= 0.6 is 0 Å². The molecule has 0 N–H and O–H groups in total. The van der Waals surface area contributed by atoms with Gasteiger partial charge in [-0.2, -0.15) is 0 Å². The lowest BCUT2D eigenvalue weighted by atomic mass is 10.1. The maximum atomic E-state index is 11.2. The number of ether oxygens (including phenoxy) is 1. The maximum Gasteiger partial charge on any atom is 0.334 e. The molecule has 0 aliphatic rings. The molecule has 126 valence electrons. The summed E-state index contributed by atoms with van der Waals surface area (Å²) in [6.07, 6.45) is 11.7. The third-order valence-corrected chi connectivity index (χ3v) is 4.03. The Kier molecular flexibility index (Phi) is 14.2. The molecule has 0 aliphatic heterocycles. The Hall–Kier alpha value is -0.540. The van der Waals surface area contributed by atoms with Gasteiger partial charge < -0.3 is 17.1 Å². The van der Waals surface area contributed by atoms with Crippen LogP contribution in [0.15, 0.2) is 12.7 Å². The van der Waals surface area contributed by atoms with Crippen LogP contribution in [0.1, 0.15) is 65.2 Å². The van der Waals surface area contributed by atoms with Gasteiger partial charge in [-0.05, 0) is 12.8 Å². The standard InChI is InChI=1S/C17H34NO2.ClH/c1-6-8-9-10-11-12-13-14-15-18(4,5)16(3)20-17(19)7-2;/h7,16H,2,6,8-15H2,1,3-5H3;1H/q+1;/p-1. The van der Waals surface area contributed by atoms with Crippen LogP contribution < -0.4 is 12.4 Å². The average molecular weight is 320 g/mol. The molecule has 4 heteroatoms. The molecule has 0 amide bonds. The van der Waals surface area contributed by atoms with Gasteiger partial charge >= 0.3 is 5.97 Å². The summed E-state index contributed by atoms with van der Waals surface area (Å²) in [5.74, 6) is -0.334. The molecule has 21 heavy (non-hydrogen) atoms. The van der Waals surface area contributed by atoms with Gasteiger partial charge in [0.1, 0.15) is 0 Å². The van der Waals surface area contributed by atoms with Crippen molar-refractivity contribution < 1.29 is 26.4 Å². The molecule has 3 nitrogen and oxygen atoms in total. The molecule has 0 fully saturated rings. The zero-order valence-corrected chi connectivity index (χ0v) is 15.1. The van der Waals surface area contributed by atoms with Crippen LogP contribution in [0, 0.1) is 0 Å². The van der Waals surface area contributed by atoms with Crippen LogP contribution in [-0.2, 0) is 9.53 Å². The van der Waals surface area contributed by atoms with Crippen LogP contribution in [0.3, 0.4) is 0 Å². The molecule has 0 bridgehead atoms. The van der Waals surface area contributed by atoms with Crippen molar-refractivity contribution in [2.24, 2.45) is 0 Å². The number of hydrogen-bond donors (Lipinski definition) is 0. The lowest BCUT2D eigenvalue weighted by Crippen LogP contribution is -3.00. The second-order valence-corrected chi connectivity index (χ2v) is 6.22. The van der Waals surface area contributed by atoms with E-state index in [4.69, 9.17) is 4.74 Å². The highest BCUT2D eigenvalue weighted by atomic mass is 35.5. The number of esters is 1. The topological polar surface area (TPSA) is 26.3 Å². The predicted octanol–water partition coefficient (Wildman–Crippen LogP) is 1.28. The largest absolute Gasteiger partial charge is 1.00 e. The van der Waals surface area contributed by atoms with Gasteiger partial charge in [-0.25, -0.2) is 4.79 Å². The zero-order chi connectivity index (χ0) is 15.4. The SMILES string of the molecule is C=CC(=O)OC(C)[N+](C)(C)CCCCCCCCCC.[Cl-]. The number of hydrogen-bond acceptors (Lipinski definition) is 2. The summed E-state index contributed by atoms with van der Waals surface area (Å²) < 4.78 is 6.02. The fourth-order valence-corrected chi connectivity index (χ4v) is 2.19. The van der Waals surface area contributed by atoms with E-state index in [2.05, 4.69) is 27.6 Å². The van der Waals surface area contributed by atoms with Crippen LogP contribution in [0.2, 0.25) is 0 Å². The molecular formula is C17H34ClNO2. The Morgan fingerprint density at radius 3 is 2.05 bits per heavy atom. The van der Waals surface area contributed by atoms with Crippen molar-refractivity contribution in [2.75, 3.05) is 20.6 Å². The minimum atomic E-state index is -0.334. The molecule has 0 aromatic heterocycles. The number of rotatable bonds is 12. The Balaban J connectivity index is 0. The Morgan fingerprint density at radius 1 is 1.10 bits per heavy atom. The van der Waals surface area contributed by atoms with Crippen molar-refractivity contribution in [1.82, 2.24) is 0 Å². The molecule has 0 aromatic rings. The quantitative estimate of drug-likeness (QED) is 0.178. The van der Waals surface area contributed by atoms with Crippen molar-refractivity contribution in [3.05, 3.63) is 12.7 Å². The fourth-order valence-electron chi connectivity index (χ4n) is 2.19. The van der Waals surface area contributed by atoms with E-state index in [1.54, 1.807) is 0 Å². The van der Waals surface area contributed by atoms with Crippen molar-refractivity contribution in [1.29, 1.82) is 0 Å². The Bertz CT molecular complexity index is 280.